The van der Waals surface area contributed by atoms with Gasteiger partial charge in [-0.25, -0.2) is 0 Å². The van der Waals surface area contributed by atoms with Crippen LogP contribution in [0.25, 0.3) is 0 Å². The summed E-state index contributed by atoms with van der Waals surface area (Å²) >= 11 is 0. The van der Waals surface area contributed by atoms with Gasteiger partial charge in [0, 0.05) is 19.6 Å². The van der Waals surface area contributed by atoms with E-state index in [0.29, 0.717) is 0 Å². The van der Waals surface area contributed by atoms with E-state index in [-0.39, 0.29) is 0 Å². The molecule has 1 aromatic rings. The summed E-state index contributed by atoms with van der Waals surface area (Å²) in [6, 6.07) is 8.50. The van der Waals surface area contributed by atoms with E-state index in [1.165, 1.54) is 11.1 Å². The van der Waals surface area contributed by atoms with Gasteiger partial charge in [-0.15, -0.1) is 0 Å². The van der Waals surface area contributed by atoms with Gasteiger partial charge in [0.2, 0.25) is 0 Å². The Morgan fingerprint density at radius 2 is 1.79 bits per heavy atom. The molecule has 0 aromatic heterocycles. The van der Waals surface area contributed by atoms with E-state index in [9.17, 15) is 0 Å². The molecule has 0 heterocycles. The minimum absolute atomic E-state index is 0.970. The zero-order chi connectivity index (χ0) is 10.2. The van der Waals surface area contributed by atoms with Crippen molar-refractivity contribution < 1.29 is 0 Å². The zero-order valence-electron chi connectivity index (χ0n) is 9.14. The molecule has 0 saturated heterocycles. The molecule has 0 saturated carbocycles. The van der Waals surface area contributed by atoms with Crippen molar-refractivity contribution in [1.29, 1.82) is 0 Å². The monoisotopic (exact) mass is 192 g/mol. The van der Waals surface area contributed by atoms with E-state index in [1.807, 2.05) is 0 Å². The van der Waals surface area contributed by atoms with E-state index in [0.717, 1.165) is 26.2 Å². The van der Waals surface area contributed by atoms with Crippen LogP contribution in [0.2, 0.25) is 0 Å². The summed E-state index contributed by atoms with van der Waals surface area (Å²) < 4.78 is 0. The summed E-state index contributed by atoms with van der Waals surface area (Å²) in [6.45, 7) is 8.37. The minimum atomic E-state index is 0.970. The van der Waals surface area contributed by atoms with Gasteiger partial charge in [-0.3, -0.25) is 0 Å². The summed E-state index contributed by atoms with van der Waals surface area (Å²) in [5.74, 6) is 0. The molecule has 2 nitrogen and oxygen atoms in total. The maximum Gasteiger partial charge on any atom is 0.0208 e. The molecule has 1 aromatic carbocycles. The lowest BCUT2D eigenvalue weighted by molar-refractivity contribution is 0.624. The van der Waals surface area contributed by atoms with Crippen LogP contribution in [0.4, 0.5) is 0 Å². The average molecular weight is 192 g/mol. The molecule has 0 aliphatic carbocycles. The lowest BCUT2D eigenvalue weighted by Crippen LogP contribution is -2.26. The first kappa shape index (κ1) is 11.2. The van der Waals surface area contributed by atoms with Crippen LogP contribution in [0.15, 0.2) is 24.3 Å². The Kier molecular flexibility index (Phi) is 5.27. The van der Waals surface area contributed by atoms with Gasteiger partial charge >= 0.3 is 0 Å². The first-order chi connectivity index (χ1) is 6.84. The van der Waals surface area contributed by atoms with Crippen LogP contribution in [0.5, 0.6) is 0 Å². The number of rotatable bonds is 6. The second-order valence-corrected chi connectivity index (χ2v) is 3.46. The summed E-state index contributed by atoms with van der Waals surface area (Å²) in [5.41, 5.74) is 2.76. The van der Waals surface area contributed by atoms with E-state index >= 15 is 0 Å². The number of hydrogen-bond donors (Lipinski definition) is 2. The van der Waals surface area contributed by atoms with Crippen LogP contribution in [-0.2, 0) is 6.54 Å². The highest BCUT2D eigenvalue weighted by Crippen LogP contribution is 2.05. The SMILES string of the molecule is CCNCCNCc1ccccc1C. The maximum atomic E-state index is 3.41. The van der Waals surface area contributed by atoms with Crippen molar-refractivity contribution in [3.63, 3.8) is 0 Å². The fraction of sp³-hybridized carbons (Fsp3) is 0.500. The fourth-order valence-electron chi connectivity index (χ4n) is 1.39. The number of nitrogens with one attached hydrogen (secondary N) is 2. The molecule has 0 spiro atoms. The van der Waals surface area contributed by atoms with Crippen LogP contribution >= 0.6 is 0 Å². The van der Waals surface area contributed by atoms with Crippen LogP contribution in [0, 0.1) is 6.92 Å². The average Bonchev–Trinajstić information content (AvgIpc) is 2.20. The first-order valence-electron chi connectivity index (χ1n) is 5.30. The van der Waals surface area contributed by atoms with Gasteiger partial charge in [-0.05, 0) is 24.6 Å². The van der Waals surface area contributed by atoms with Crippen molar-refractivity contribution in [2.45, 2.75) is 20.4 Å². The molecule has 2 heteroatoms. The predicted molar refractivity (Wildman–Crippen MR) is 61.4 cm³/mol. The Bertz CT molecular complexity index is 258. The predicted octanol–water partition coefficient (Wildman–Crippen LogP) is 1.69. The molecule has 0 aliphatic rings. The van der Waals surface area contributed by atoms with Crippen LogP contribution in [-0.4, -0.2) is 19.6 Å². The Morgan fingerprint density at radius 1 is 1.07 bits per heavy atom. The summed E-state index contributed by atoms with van der Waals surface area (Å²) in [5, 5.41) is 6.70. The van der Waals surface area contributed by atoms with Crippen molar-refractivity contribution in [2.24, 2.45) is 0 Å². The quantitative estimate of drug-likeness (QED) is 0.670. The Balaban J connectivity index is 2.21. The topological polar surface area (TPSA) is 24.1 Å². The molecule has 1 rings (SSSR count). The van der Waals surface area contributed by atoms with Crippen LogP contribution < -0.4 is 10.6 Å². The number of benzene rings is 1. The number of hydrogen-bond acceptors (Lipinski definition) is 2. The second kappa shape index (κ2) is 6.57. The third-order valence-corrected chi connectivity index (χ3v) is 2.31. The lowest BCUT2D eigenvalue weighted by Gasteiger charge is -2.07. The minimum Gasteiger partial charge on any atom is -0.316 e. The fourth-order valence-corrected chi connectivity index (χ4v) is 1.39. The second-order valence-electron chi connectivity index (χ2n) is 3.46. The molecule has 78 valence electrons. The van der Waals surface area contributed by atoms with E-state index < -0.39 is 0 Å². The molecule has 0 amide bonds. The van der Waals surface area contributed by atoms with Crippen LogP contribution in [0.1, 0.15) is 18.1 Å². The van der Waals surface area contributed by atoms with E-state index in [1.54, 1.807) is 0 Å². The van der Waals surface area contributed by atoms with Gasteiger partial charge in [0.25, 0.3) is 0 Å². The first-order valence-corrected chi connectivity index (χ1v) is 5.30. The summed E-state index contributed by atoms with van der Waals surface area (Å²) in [4.78, 5) is 0. The molecule has 0 aliphatic heterocycles. The van der Waals surface area contributed by atoms with Crippen LogP contribution in [0.3, 0.4) is 0 Å². The standard InChI is InChI=1S/C12H20N2/c1-3-13-8-9-14-10-12-7-5-4-6-11(12)2/h4-7,13-14H,3,8-10H2,1-2H3. The third-order valence-electron chi connectivity index (χ3n) is 2.31. The van der Waals surface area contributed by atoms with Crippen molar-refractivity contribution in [3.05, 3.63) is 35.4 Å². The summed E-state index contributed by atoms with van der Waals surface area (Å²) in [7, 11) is 0. The van der Waals surface area contributed by atoms with Crippen molar-refractivity contribution in [2.75, 3.05) is 19.6 Å². The van der Waals surface area contributed by atoms with Crippen molar-refractivity contribution in [3.8, 4) is 0 Å². The molecular formula is C12H20N2. The largest absolute Gasteiger partial charge is 0.316 e. The van der Waals surface area contributed by atoms with Crippen molar-refractivity contribution in [1.82, 2.24) is 10.6 Å². The highest BCUT2D eigenvalue weighted by Gasteiger charge is 1.94. The van der Waals surface area contributed by atoms with Gasteiger partial charge in [-0.1, -0.05) is 31.2 Å². The number of aryl methyl sites for hydroxylation is 1. The number of likely N-dealkylation sites (N-methyl/N-ethyl adjacent to an activating group) is 1. The molecule has 2 N–H and O–H groups in total. The smallest absolute Gasteiger partial charge is 0.0208 e. The molecule has 0 fully saturated rings. The van der Waals surface area contributed by atoms with Gasteiger partial charge in [-0.2, -0.15) is 0 Å². The molecular weight excluding hydrogens is 172 g/mol. The normalized spacial score (nSPS) is 10.4. The van der Waals surface area contributed by atoms with Crippen molar-refractivity contribution >= 4 is 0 Å². The summed E-state index contributed by atoms with van der Waals surface area (Å²) in [6.07, 6.45) is 0. The van der Waals surface area contributed by atoms with E-state index in [2.05, 4.69) is 48.7 Å². The highest BCUT2D eigenvalue weighted by atomic mass is 14.9. The molecule has 14 heavy (non-hydrogen) atoms. The Hall–Kier alpha value is -0.860. The molecule has 0 radical (unpaired) electrons. The molecule has 0 bridgehead atoms. The van der Waals surface area contributed by atoms with Gasteiger partial charge in [0.15, 0.2) is 0 Å². The van der Waals surface area contributed by atoms with E-state index in [4.69, 9.17) is 0 Å². The Labute approximate surface area is 86.7 Å². The van der Waals surface area contributed by atoms with Gasteiger partial charge in [0.05, 0.1) is 0 Å². The molecule has 0 atom stereocenters. The highest BCUT2D eigenvalue weighted by molar-refractivity contribution is 5.25. The zero-order valence-corrected chi connectivity index (χ0v) is 9.14. The molecule has 0 unspecified atom stereocenters. The van der Waals surface area contributed by atoms with Gasteiger partial charge < -0.3 is 10.6 Å². The third kappa shape index (κ3) is 3.90. The maximum absolute atomic E-state index is 3.41. The Morgan fingerprint density at radius 3 is 2.50 bits per heavy atom. The van der Waals surface area contributed by atoms with Gasteiger partial charge in [0.1, 0.15) is 0 Å². The lowest BCUT2D eigenvalue weighted by atomic mass is 10.1.